The number of rotatable bonds is 3. The van der Waals surface area contributed by atoms with Crippen molar-refractivity contribution in [1.29, 1.82) is 0 Å². The van der Waals surface area contributed by atoms with Crippen molar-refractivity contribution in [3.8, 4) is 5.75 Å². The van der Waals surface area contributed by atoms with E-state index in [2.05, 4.69) is 5.32 Å². The van der Waals surface area contributed by atoms with E-state index >= 15 is 0 Å². The third kappa shape index (κ3) is 2.51. The van der Waals surface area contributed by atoms with Crippen molar-refractivity contribution in [2.24, 2.45) is 0 Å². The van der Waals surface area contributed by atoms with Crippen LogP contribution in [0.2, 0.25) is 0 Å². The fraction of sp³-hybridized carbons (Fsp3) is 0.294. The smallest absolute Gasteiger partial charge is 0.128 e. The summed E-state index contributed by atoms with van der Waals surface area (Å²) in [5, 5.41) is 3.05. The van der Waals surface area contributed by atoms with Crippen LogP contribution in [-0.2, 0) is 6.42 Å². The molecule has 0 bridgehead atoms. The normalized spacial score (nSPS) is 18.2. The lowest BCUT2D eigenvalue weighted by Crippen LogP contribution is -2.33. The van der Waals surface area contributed by atoms with Crippen molar-refractivity contribution in [2.45, 2.75) is 25.5 Å². The van der Waals surface area contributed by atoms with Gasteiger partial charge in [0.05, 0.1) is 6.04 Å². The first-order chi connectivity index (χ1) is 10.1. The van der Waals surface area contributed by atoms with Crippen LogP contribution >= 0.6 is 0 Å². The van der Waals surface area contributed by atoms with Crippen LogP contribution in [0.3, 0.4) is 0 Å². The quantitative estimate of drug-likeness (QED) is 0.933. The van der Waals surface area contributed by atoms with E-state index in [1.807, 2.05) is 24.3 Å². The van der Waals surface area contributed by atoms with Gasteiger partial charge >= 0.3 is 0 Å². The summed E-state index contributed by atoms with van der Waals surface area (Å²) in [5.74, 6) is 0.00529. The van der Waals surface area contributed by atoms with Crippen molar-refractivity contribution in [1.82, 2.24) is 5.32 Å². The number of benzene rings is 2. The number of hydrogen-bond acceptors (Lipinski definition) is 2. The van der Waals surface area contributed by atoms with Gasteiger partial charge in [-0.05, 0) is 43.3 Å². The van der Waals surface area contributed by atoms with E-state index in [0.717, 1.165) is 11.3 Å². The predicted molar refractivity (Wildman–Crippen MR) is 77.5 cm³/mol. The van der Waals surface area contributed by atoms with Gasteiger partial charge in [0, 0.05) is 12.0 Å². The number of halogens is 2. The van der Waals surface area contributed by atoms with Gasteiger partial charge in [0.1, 0.15) is 23.5 Å². The number of hydrogen-bond donors (Lipinski definition) is 1. The van der Waals surface area contributed by atoms with Gasteiger partial charge in [0.25, 0.3) is 0 Å². The Morgan fingerprint density at radius 2 is 1.95 bits per heavy atom. The van der Waals surface area contributed by atoms with Crippen LogP contribution in [0.4, 0.5) is 8.78 Å². The van der Waals surface area contributed by atoms with Crippen LogP contribution < -0.4 is 10.1 Å². The maximum Gasteiger partial charge on any atom is 0.128 e. The molecule has 110 valence electrons. The average molecular weight is 289 g/mol. The molecule has 0 aromatic heterocycles. The van der Waals surface area contributed by atoms with Crippen molar-refractivity contribution in [3.05, 3.63) is 64.7 Å². The fourth-order valence-electron chi connectivity index (χ4n) is 2.84. The molecule has 2 unspecified atom stereocenters. The van der Waals surface area contributed by atoms with Gasteiger partial charge in [-0.25, -0.2) is 8.78 Å². The summed E-state index contributed by atoms with van der Waals surface area (Å²) in [5.41, 5.74) is 1.70. The summed E-state index contributed by atoms with van der Waals surface area (Å²) >= 11 is 0. The van der Waals surface area contributed by atoms with Crippen LogP contribution in [0.25, 0.3) is 0 Å². The minimum absolute atomic E-state index is 0.246. The SMILES string of the molecule is CNC(c1cc(F)c(C)cc1F)C1Cc2ccccc2O1. The summed E-state index contributed by atoms with van der Waals surface area (Å²) < 4.78 is 33.8. The number of ether oxygens (including phenoxy) is 1. The van der Waals surface area contributed by atoms with Crippen LogP contribution in [-0.4, -0.2) is 13.2 Å². The number of likely N-dealkylation sites (N-methyl/N-ethyl adjacent to an activating group) is 1. The molecular weight excluding hydrogens is 272 g/mol. The highest BCUT2D eigenvalue weighted by Crippen LogP contribution is 2.35. The molecule has 3 rings (SSSR count). The largest absolute Gasteiger partial charge is 0.488 e. The minimum atomic E-state index is -0.409. The second kappa shape index (κ2) is 5.45. The molecule has 21 heavy (non-hydrogen) atoms. The Morgan fingerprint density at radius 1 is 1.19 bits per heavy atom. The second-order valence-corrected chi connectivity index (χ2v) is 5.36. The first-order valence-corrected chi connectivity index (χ1v) is 6.97. The lowest BCUT2D eigenvalue weighted by atomic mass is 9.96. The topological polar surface area (TPSA) is 21.3 Å². The highest BCUT2D eigenvalue weighted by Gasteiger charge is 2.32. The van der Waals surface area contributed by atoms with Crippen molar-refractivity contribution >= 4 is 0 Å². The lowest BCUT2D eigenvalue weighted by Gasteiger charge is -2.24. The Morgan fingerprint density at radius 3 is 2.67 bits per heavy atom. The second-order valence-electron chi connectivity index (χ2n) is 5.36. The molecule has 1 aliphatic heterocycles. The van der Waals surface area contributed by atoms with E-state index in [1.54, 1.807) is 14.0 Å². The summed E-state index contributed by atoms with van der Waals surface area (Å²) in [6.07, 6.45) is 0.431. The molecule has 1 aliphatic rings. The molecule has 0 spiro atoms. The van der Waals surface area contributed by atoms with Crippen LogP contribution in [0.5, 0.6) is 5.75 Å². The Kier molecular flexibility index (Phi) is 3.64. The molecule has 1 heterocycles. The summed E-state index contributed by atoms with van der Waals surface area (Å²) in [4.78, 5) is 0. The molecule has 0 radical (unpaired) electrons. The molecular formula is C17H17F2NO. The lowest BCUT2D eigenvalue weighted by molar-refractivity contribution is 0.181. The third-order valence-electron chi connectivity index (χ3n) is 3.97. The third-order valence-corrected chi connectivity index (χ3v) is 3.97. The molecule has 2 nitrogen and oxygen atoms in total. The van der Waals surface area contributed by atoms with Crippen molar-refractivity contribution in [2.75, 3.05) is 7.05 Å². The minimum Gasteiger partial charge on any atom is -0.488 e. The van der Waals surface area contributed by atoms with E-state index in [9.17, 15) is 8.78 Å². The number of aryl methyl sites for hydroxylation is 1. The first kappa shape index (κ1) is 14.0. The van der Waals surface area contributed by atoms with Gasteiger partial charge in [-0.2, -0.15) is 0 Å². The highest BCUT2D eigenvalue weighted by atomic mass is 19.1. The molecule has 2 aromatic rings. The molecule has 0 saturated carbocycles. The van der Waals surface area contributed by atoms with E-state index in [-0.39, 0.29) is 6.10 Å². The number of nitrogens with one attached hydrogen (secondary N) is 1. The molecule has 2 aromatic carbocycles. The molecule has 0 saturated heterocycles. The van der Waals surface area contributed by atoms with Crippen LogP contribution in [0.15, 0.2) is 36.4 Å². The maximum absolute atomic E-state index is 14.2. The maximum atomic E-state index is 14.2. The average Bonchev–Trinajstić information content (AvgIpc) is 2.88. The van der Waals surface area contributed by atoms with E-state index in [4.69, 9.17) is 4.74 Å². The van der Waals surface area contributed by atoms with Crippen molar-refractivity contribution in [3.63, 3.8) is 0 Å². The Bertz CT molecular complexity index is 647. The summed E-state index contributed by atoms with van der Waals surface area (Å²) in [6.45, 7) is 1.55. The van der Waals surface area contributed by atoms with Crippen LogP contribution in [0, 0.1) is 18.6 Å². The standard InChI is InChI=1S/C17H17F2NO/c1-10-7-14(19)12(9-13(10)18)17(20-2)16-8-11-5-3-4-6-15(11)21-16/h3-7,9,16-17,20H,8H2,1-2H3. The summed E-state index contributed by atoms with van der Waals surface area (Å²) in [6, 6.07) is 9.84. The van der Waals surface area contributed by atoms with Crippen LogP contribution in [0.1, 0.15) is 22.7 Å². The molecule has 4 heteroatoms. The summed E-state index contributed by atoms with van der Waals surface area (Å²) in [7, 11) is 1.73. The Balaban J connectivity index is 1.92. The molecule has 0 amide bonds. The van der Waals surface area contributed by atoms with Gasteiger partial charge in [-0.3, -0.25) is 0 Å². The zero-order chi connectivity index (χ0) is 15.0. The number of para-hydroxylation sites is 1. The zero-order valence-electron chi connectivity index (χ0n) is 12.0. The van der Waals surface area contributed by atoms with Gasteiger partial charge < -0.3 is 10.1 Å². The predicted octanol–water partition coefficient (Wildman–Crippen LogP) is 3.54. The fourth-order valence-corrected chi connectivity index (χ4v) is 2.84. The van der Waals surface area contributed by atoms with Gasteiger partial charge in [-0.15, -0.1) is 0 Å². The zero-order valence-corrected chi connectivity index (χ0v) is 12.0. The molecule has 1 N–H and O–H groups in total. The Hall–Kier alpha value is -1.94. The number of fused-ring (bicyclic) bond motifs is 1. The van der Waals surface area contributed by atoms with E-state index < -0.39 is 17.7 Å². The van der Waals surface area contributed by atoms with Gasteiger partial charge in [-0.1, -0.05) is 18.2 Å². The molecule has 2 atom stereocenters. The first-order valence-electron chi connectivity index (χ1n) is 6.97. The van der Waals surface area contributed by atoms with Crippen molar-refractivity contribution < 1.29 is 13.5 Å². The van der Waals surface area contributed by atoms with E-state index in [1.165, 1.54) is 12.1 Å². The molecule has 0 fully saturated rings. The van der Waals surface area contributed by atoms with Gasteiger partial charge in [0.15, 0.2) is 0 Å². The van der Waals surface area contributed by atoms with E-state index in [0.29, 0.717) is 17.5 Å². The Labute approximate surface area is 122 Å². The molecule has 0 aliphatic carbocycles. The highest BCUT2D eigenvalue weighted by molar-refractivity contribution is 5.39. The van der Waals surface area contributed by atoms with Gasteiger partial charge in [0.2, 0.25) is 0 Å². The monoisotopic (exact) mass is 289 g/mol.